The summed E-state index contributed by atoms with van der Waals surface area (Å²) in [5, 5.41) is 5.25. The van der Waals surface area contributed by atoms with E-state index < -0.39 is 5.82 Å². The first-order chi connectivity index (χ1) is 12.5. The molecule has 4 nitrogen and oxygen atoms in total. The van der Waals surface area contributed by atoms with Gasteiger partial charge >= 0.3 is 0 Å². The normalized spacial score (nSPS) is 24.1. The van der Waals surface area contributed by atoms with E-state index in [-0.39, 0.29) is 46.8 Å². The molecule has 1 aromatic carbocycles. The molecule has 3 unspecified atom stereocenters. The molecule has 7 heteroatoms. The summed E-state index contributed by atoms with van der Waals surface area (Å²) in [7, 11) is 0. The maximum Gasteiger partial charge on any atom is 0.261 e. The Bertz CT molecular complexity index is 822. The van der Waals surface area contributed by atoms with Crippen molar-refractivity contribution in [3.05, 3.63) is 57.0 Å². The average Bonchev–Trinajstić information content (AvgIpc) is 3.34. The summed E-state index contributed by atoms with van der Waals surface area (Å²) in [6.45, 7) is 0.602. The Morgan fingerprint density at radius 1 is 1.27 bits per heavy atom. The van der Waals surface area contributed by atoms with Crippen molar-refractivity contribution in [3.8, 4) is 0 Å². The van der Waals surface area contributed by atoms with Crippen LogP contribution >= 0.6 is 22.9 Å². The van der Waals surface area contributed by atoms with Crippen molar-refractivity contribution in [2.75, 3.05) is 6.54 Å². The van der Waals surface area contributed by atoms with Gasteiger partial charge in [-0.3, -0.25) is 9.59 Å². The zero-order chi connectivity index (χ0) is 18.3. The number of carbonyl (C=O) groups is 2. The summed E-state index contributed by atoms with van der Waals surface area (Å²) in [6, 6.07) is 8.31. The van der Waals surface area contributed by atoms with Crippen molar-refractivity contribution in [1.82, 2.24) is 10.2 Å². The summed E-state index contributed by atoms with van der Waals surface area (Å²) >= 11 is 7.45. The van der Waals surface area contributed by atoms with Crippen molar-refractivity contribution in [1.29, 1.82) is 0 Å². The molecule has 2 bridgehead atoms. The van der Waals surface area contributed by atoms with Gasteiger partial charge in [0.25, 0.3) is 5.91 Å². The average molecular weight is 393 g/mol. The van der Waals surface area contributed by atoms with E-state index in [1.165, 1.54) is 23.5 Å². The van der Waals surface area contributed by atoms with Crippen LogP contribution < -0.4 is 5.32 Å². The lowest BCUT2D eigenvalue weighted by Gasteiger charge is -2.32. The Morgan fingerprint density at radius 3 is 2.77 bits per heavy atom. The zero-order valence-corrected chi connectivity index (χ0v) is 15.5. The van der Waals surface area contributed by atoms with Crippen LogP contribution in [-0.4, -0.2) is 35.3 Å². The Labute approximate surface area is 160 Å². The fraction of sp³-hybridized carbons (Fsp3) is 0.368. The Kier molecular flexibility index (Phi) is 4.71. The van der Waals surface area contributed by atoms with E-state index >= 15 is 0 Å². The molecule has 26 heavy (non-hydrogen) atoms. The number of nitrogens with zero attached hydrogens (tertiary/aromatic N) is 1. The van der Waals surface area contributed by atoms with E-state index in [9.17, 15) is 14.0 Å². The van der Waals surface area contributed by atoms with Crippen LogP contribution in [0.1, 0.15) is 28.1 Å². The lowest BCUT2D eigenvalue weighted by Crippen LogP contribution is -2.48. The topological polar surface area (TPSA) is 49.4 Å². The maximum atomic E-state index is 13.9. The quantitative estimate of drug-likeness (QED) is 0.865. The number of nitrogens with one attached hydrogen (secondary N) is 1. The van der Waals surface area contributed by atoms with Gasteiger partial charge in [0.2, 0.25) is 5.91 Å². The standard InChI is InChI=1S/C19H18ClFN2O2S/c20-14-3-1-4-15(21)13(14)9-18(24)23-10-11-7-12(23)8-16(11)22-19(25)17-5-2-6-26-17/h1-6,11-12,16H,7-10H2,(H,22,25). The summed E-state index contributed by atoms with van der Waals surface area (Å²) < 4.78 is 13.9. The number of thiophene rings is 1. The second kappa shape index (κ2) is 7.00. The van der Waals surface area contributed by atoms with Crippen LogP contribution in [0.5, 0.6) is 0 Å². The number of benzene rings is 1. The molecule has 1 saturated heterocycles. The molecule has 1 saturated carbocycles. The molecule has 3 atom stereocenters. The zero-order valence-electron chi connectivity index (χ0n) is 14.0. The molecular weight excluding hydrogens is 375 g/mol. The molecule has 0 radical (unpaired) electrons. The van der Waals surface area contributed by atoms with E-state index in [0.717, 1.165) is 12.8 Å². The highest BCUT2D eigenvalue weighted by atomic mass is 35.5. The third-order valence-corrected chi connectivity index (χ3v) is 6.54. The molecule has 2 aliphatic rings. The van der Waals surface area contributed by atoms with Crippen LogP contribution in [0.4, 0.5) is 4.39 Å². The van der Waals surface area contributed by atoms with Gasteiger partial charge < -0.3 is 10.2 Å². The summed E-state index contributed by atoms with van der Waals surface area (Å²) in [6.07, 6.45) is 1.60. The van der Waals surface area contributed by atoms with E-state index in [1.54, 1.807) is 12.1 Å². The number of fused-ring (bicyclic) bond motifs is 2. The molecule has 1 aromatic heterocycles. The minimum Gasteiger partial charge on any atom is -0.348 e. The molecule has 2 heterocycles. The Balaban J connectivity index is 1.37. The molecule has 4 rings (SSSR count). The lowest BCUT2D eigenvalue weighted by atomic mass is 10.0. The highest BCUT2D eigenvalue weighted by Gasteiger charge is 2.46. The second-order valence-corrected chi connectivity index (χ2v) is 8.22. The van der Waals surface area contributed by atoms with Crippen molar-refractivity contribution in [2.45, 2.75) is 31.3 Å². The number of piperidine rings is 1. The highest BCUT2D eigenvalue weighted by Crippen LogP contribution is 2.38. The minimum absolute atomic E-state index is 0.0268. The van der Waals surface area contributed by atoms with Gasteiger partial charge in [0.1, 0.15) is 5.82 Å². The van der Waals surface area contributed by atoms with Crippen LogP contribution in [0, 0.1) is 11.7 Å². The maximum absolute atomic E-state index is 13.9. The molecule has 2 amide bonds. The second-order valence-electron chi connectivity index (χ2n) is 6.87. The van der Waals surface area contributed by atoms with Crippen molar-refractivity contribution < 1.29 is 14.0 Å². The Morgan fingerprint density at radius 2 is 2.12 bits per heavy atom. The first-order valence-electron chi connectivity index (χ1n) is 8.59. The molecular formula is C19H18ClFN2O2S. The van der Waals surface area contributed by atoms with Gasteiger partial charge in [-0.25, -0.2) is 4.39 Å². The largest absolute Gasteiger partial charge is 0.348 e. The summed E-state index contributed by atoms with van der Waals surface area (Å²) in [4.78, 5) is 27.4. The molecule has 2 aromatic rings. The molecule has 1 aliphatic carbocycles. The highest BCUT2D eigenvalue weighted by molar-refractivity contribution is 7.12. The van der Waals surface area contributed by atoms with E-state index in [4.69, 9.17) is 11.6 Å². The van der Waals surface area contributed by atoms with Crippen LogP contribution in [0.2, 0.25) is 5.02 Å². The van der Waals surface area contributed by atoms with Crippen LogP contribution in [0.15, 0.2) is 35.7 Å². The van der Waals surface area contributed by atoms with Crippen molar-refractivity contribution >= 4 is 34.8 Å². The van der Waals surface area contributed by atoms with Gasteiger partial charge in [0.15, 0.2) is 0 Å². The molecule has 1 aliphatic heterocycles. The van der Waals surface area contributed by atoms with Gasteiger partial charge in [0.05, 0.1) is 11.3 Å². The van der Waals surface area contributed by atoms with Crippen molar-refractivity contribution in [3.63, 3.8) is 0 Å². The van der Waals surface area contributed by atoms with Crippen LogP contribution in [0.3, 0.4) is 0 Å². The van der Waals surface area contributed by atoms with Gasteiger partial charge in [0, 0.05) is 29.2 Å². The monoisotopic (exact) mass is 392 g/mol. The van der Waals surface area contributed by atoms with Crippen LogP contribution in [0.25, 0.3) is 0 Å². The van der Waals surface area contributed by atoms with Crippen LogP contribution in [-0.2, 0) is 11.2 Å². The molecule has 2 fully saturated rings. The third-order valence-electron chi connectivity index (χ3n) is 5.31. The third kappa shape index (κ3) is 3.23. The van der Waals surface area contributed by atoms with E-state index in [0.29, 0.717) is 11.4 Å². The van der Waals surface area contributed by atoms with E-state index in [2.05, 4.69) is 5.32 Å². The first-order valence-corrected chi connectivity index (χ1v) is 9.85. The summed E-state index contributed by atoms with van der Waals surface area (Å²) in [5.41, 5.74) is 0.254. The smallest absolute Gasteiger partial charge is 0.261 e. The SMILES string of the molecule is O=C(NC1CC2CC1CN2C(=O)Cc1c(F)cccc1Cl)c1cccs1. The number of hydrogen-bond donors (Lipinski definition) is 1. The first kappa shape index (κ1) is 17.5. The fourth-order valence-electron chi connectivity index (χ4n) is 4.04. The predicted molar refractivity (Wildman–Crippen MR) is 98.9 cm³/mol. The number of carbonyl (C=O) groups excluding carboxylic acids is 2. The van der Waals surface area contributed by atoms with Gasteiger partial charge in [-0.15, -0.1) is 11.3 Å². The summed E-state index contributed by atoms with van der Waals surface area (Å²) in [5.74, 6) is -0.346. The number of halogens is 2. The van der Waals surface area contributed by atoms with E-state index in [1.807, 2.05) is 16.3 Å². The molecule has 0 spiro atoms. The predicted octanol–water partition coefficient (Wildman–Crippen LogP) is 3.50. The van der Waals surface area contributed by atoms with Gasteiger partial charge in [-0.2, -0.15) is 0 Å². The molecule has 1 N–H and O–H groups in total. The van der Waals surface area contributed by atoms with Crippen molar-refractivity contribution in [2.24, 2.45) is 5.92 Å². The number of rotatable bonds is 4. The van der Waals surface area contributed by atoms with Gasteiger partial charge in [-0.05, 0) is 42.3 Å². The fourth-order valence-corrected chi connectivity index (χ4v) is 4.89. The number of likely N-dealkylation sites (tertiary alicyclic amines) is 1. The Hall–Kier alpha value is -1.92. The number of amides is 2. The molecule has 136 valence electrons. The van der Waals surface area contributed by atoms with Gasteiger partial charge in [-0.1, -0.05) is 23.7 Å². The minimum atomic E-state index is -0.448. The number of hydrogen-bond acceptors (Lipinski definition) is 3. The lowest BCUT2D eigenvalue weighted by molar-refractivity contribution is -0.132.